The van der Waals surface area contributed by atoms with Crippen LogP contribution in [0, 0.1) is 5.82 Å². The Morgan fingerprint density at radius 3 is 2.86 bits per heavy atom. The first kappa shape index (κ1) is 11.5. The minimum atomic E-state index is -0.377. The van der Waals surface area contributed by atoms with E-state index >= 15 is 0 Å². The zero-order valence-electron chi connectivity index (χ0n) is 8.26. The number of nitrogens with two attached hydrogens (primary N) is 1. The third-order valence-electron chi connectivity index (χ3n) is 2.25. The van der Waals surface area contributed by atoms with Gasteiger partial charge in [0.2, 0.25) is 0 Å². The van der Waals surface area contributed by atoms with Crippen LogP contribution in [0.4, 0.5) is 4.39 Å². The molecule has 0 fully saturated rings. The topological polar surface area (TPSA) is 26.0 Å². The maximum Gasteiger partial charge on any atom is 0.146 e. The van der Waals surface area contributed by atoms with Gasteiger partial charge in [0.15, 0.2) is 0 Å². The molecule has 1 unspecified atom stereocenters. The third-order valence-corrected chi connectivity index (χ3v) is 2.54. The zero-order chi connectivity index (χ0) is 10.6. The minimum Gasteiger partial charge on any atom is -0.324 e. The highest BCUT2D eigenvalue weighted by atomic mass is 35.5. The SMILES string of the molecule is CCCCC(N)c1cccc(Cl)c1F. The van der Waals surface area contributed by atoms with E-state index in [1.165, 1.54) is 6.07 Å². The van der Waals surface area contributed by atoms with Gasteiger partial charge in [-0.25, -0.2) is 4.39 Å². The number of hydrogen-bond acceptors (Lipinski definition) is 1. The second-order valence-electron chi connectivity index (χ2n) is 3.39. The summed E-state index contributed by atoms with van der Waals surface area (Å²) in [4.78, 5) is 0. The van der Waals surface area contributed by atoms with Crippen molar-refractivity contribution < 1.29 is 4.39 Å². The first-order valence-electron chi connectivity index (χ1n) is 4.86. The van der Waals surface area contributed by atoms with E-state index < -0.39 is 0 Å². The van der Waals surface area contributed by atoms with Crippen molar-refractivity contribution >= 4 is 11.6 Å². The molecule has 1 aromatic rings. The van der Waals surface area contributed by atoms with E-state index in [9.17, 15) is 4.39 Å². The van der Waals surface area contributed by atoms with Gasteiger partial charge in [-0.3, -0.25) is 0 Å². The van der Waals surface area contributed by atoms with Crippen LogP contribution in [-0.4, -0.2) is 0 Å². The fourth-order valence-corrected chi connectivity index (χ4v) is 1.57. The Kier molecular flexibility index (Phi) is 4.36. The highest BCUT2D eigenvalue weighted by Crippen LogP contribution is 2.24. The molecule has 0 amide bonds. The molecule has 1 atom stereocenters. The molecule has 0 aliphatic rings. The smallest absolute Gasteiger partial charge is 0.146 e. The molecule has 78 valence electrons. The van der Waals surface area contributed by atoms with E-state index in [1.54, 1.807) is 12.1 Å². The molecule has 0 aliphatic heterocycles. The molecule has 2 N–H and O–H groups in total. The lowest BCUT2D eigenvalue weighted by Gasteiger charge is -2.12. The van der Waals surface area contributed by atoms with Crippen LogP contribution in [-0.2, 0) is 0 Å². The standard InChI is InChI=1S/C11H15ClFN/c1-2-3-7-10(14)8-5-4-6-9(12)11(8)13/h4-6,10H,2-3,7,14H2,1H3. The van der Waals surface area contributed by atoms with Crippen molar-refractivity contribution in [3.63, 3.8) is 0 Å². The molecule has 14 heavy (non-hydrogen) atoms. The molecule has 1 nitrogen and oxygen atoms in total. The van der Waals surface area contributed by atoms with Crippen LogP contribution in [0.15, 0.2) is 18.2 Å². The van der Waals surface area contributed by atoms with Gasteiger partial charge in [0.1, 0.15) is 5.82 Å². The van der Waals surface area contributed by atoms with E-state index in [0.717, 1.165) is 19.3 Å². The van der Waals surface area contributed by atoms with Gasteiger partial charge >= 0.3 is 0 Å². The lowest BCUT2D eigenvalue weighted by Crippen LogP contribution is -2.12. The van der Waals surface area contributed by atoms with Crippen molar-refractivity contribution in [2.24, 2.45) is 5.73 Å². The molecular formula is C11H15ClFN. The van der Waals surface area contributed by atoms with Gasteiger partial charge in [-0.15, -0.1) is 0 Å². The number of halogens is 2. The van der Waals surface area contributed by atoms with Crippen molar-refractivity contribution in [2.45, 2.75) is 32.2 Å². The molecule has 0 aliphatic carbocycles. The summed E-state index contributed by atoms with van der Waals surface area (Å²) < 4.78 is 13.5. The monoisotopic (exact) mass is 215 g/mol. The molecule has 1 rings (SSSR count). The third kappa shape index (κ3) is 2.69. The van der Waals surface area contributed by atoms with Crippen LogP contribution in [0.25, 0.3) is 0 Å². The second-order valence-corrected chi connectivity index (χ2v) is 3.80. The predicted molar refractivity (Wildman–Crippen MR) is 57.9 cm³/mol. The summed E-state index contributed by atoms with van der Waals surface area (Å²) in [6.07, 6.45) is 2.87. The Hall–Kier alpha value is -0.600. The lowest BCUT2D eigenvalue weighted by atomic mass is 10.0. The summed E-state index contributed by atoms with van der Waals surface area (Å²) >= 11 is 5.66. The molecule has 0 saturated carbocycles. The highest BCUT2D eigenvalue weighted by molar-refractivity contribution is 6.30. The minimum absolute atomic E-state index is 0.148. The molecule has 0 spiro atoms. The Morgan fingerprint density at radius 1 is 1.50 bits per heavy atom. The van der Waals surface area contributed by atoms with Crippen molar-refractivity contribution in [3.05, 3.63) is 34.6 Å². The lowest BCUT2D eigenvalue weighted by molar-refractivity contribution is 0.548. The quantitative estimate of drug-likeness (QED) is 0.815. The molecule has 0 heterocycles. The molecule has 0 aromatic heterocycles. The summed E-state index contributed by atoms with van der Waals surface area (Å²) in [7, 11) is 0. The van der Waals surface area contributed by atoms with Gasteiger partial charge in [-0.2, -0.15) is 0 Å². The summed E-state index contributed by atoms with van der Waals surface area (Å²) in [5.41, 5.74) is 6.37. The van der Waals surface area contributed by atoms with E-state index in [4.69, 9.17) is 17.3 Å². The van der Waals surface area contributed by atoms with E-state index in [2.05, 4.69) is 6.92 Å². The Balaban J connectivity index is 2.79. The van der Waals surface area contributed by atoms with E-state index in [0.29, 0.717) is 5.56 Å². The Labute approximate surface area is 89.1 Å². The van der Waals surface area contributed by atoms with Gasteiger partial charge in [0.05, 0.1) is 5.02 Å². The molecule has 3 heteroatoms. The van der Waals surface area contributed by atoms with Gasteiger partial charge in [-0.05, 0) is 12.5 Å². The fraction of sp³-hybridized carbons (Fsp3) is 0.455. The summed E-state index contributed by atoms with van der Waals surface area (Å²) in [5.74, 6) is -0.377. The molecule has 0 bridgehead atoms. The largest absolute Gasteiger partial charge is 0.324 e. The maximum atomic E-state index is 13.5. The molecule has 1 aromatic carbocycles. The van der Waals surface area contributed by atoms with Crippen molar-refractivity contribution in [1.29, 1.82) is 0 Å². The Bertz CT molecular complexity index is 301. The molecule has 0 radical (unpaired) electrons. The maximum absolute atomic E-state index is 13.5. The van der Waals surface area contributed by atoms with Gasteiger partial charge in [0, 0.05) is 11.6 Å². The average Bonchev–Trinajstić information content (AvgIpc) is 2.18. The van der Waals surface area contributed by atoms with Crippen molar-refractivity contribution in [2.75, 3.05) is 0 Å². The van der Waals surface area contributed by atoms with Gasteiger partial charge in [-0.1, -0.05) is 43.5 Å². The Morgan fingerprint density at radius 2 is 2.21 bits per heavy atom. The average molecular weight is 216 g/mol. The number of rotatable bonds is 4. The van der Waals surface area contributed by atoms with Crippen LogP contribution in [0.2, 0.25) is 5.02 Å². The highest BCUT2D eigenvalue weighted by Gasteiger charge is 2.12. The van der Waals surface area contributed by atoms with Crippen molar-refractivity contribution in [3.8, 4) is 0 Å². The number of benzene rings is 1. The van der Waals surface area contributed by atoms with E-state index in [-0.39, 0.29) is 16.9 Å². The molecule has 0 saturated heterocycles. The van der Waals surface area contributed by atoms with Crippen LogP contribution in [0.3, 0.4) is 0 Å². The van der Waals surface area contributed by atoms with Gasteiger partial charge in [0.25, 0.3) is 0 Å². The number of hydrogen-bond donors (Lipinski definition) is 1. The first-order valence-corrected chi connectivity index (χ1v) is 5.24. The summed E-state index contributed by atoms with van der Waals surface area (Å²) in [5, 5.41) is 0.148. The van der Waals surface area contributed by atoms with E-state index in [1.807, 2.05) is 0 Å². The van der Waals surface area contributed by atoms with Crippen LogP contribution < -0.4 is 5.73 Å². The van der Waals surface area contributed by atoms with Crippen LogP contribution in [0.5, 0.6) is 0 Å². The van der Waals surface area contributed by atoms with Crippen LogP contribution >= 0.6 is 11.6 Å². The molecular weight excluding hydrogens is 201 g/mol. The van der Waals surface area contributed by atoms with Gasteiger partial charge < -0.3 is 5.73 Å². The van der Waals surface area contributed by atoms with Crippen molar-refractivity contribution in [1.82, 2.24) is 0 Å². The summed E-state index contributed by atoms with van der Waals surface area (Å²) in [6, 6.07) is 4.72. The number of unbranched alkanes of at least 4 members (excludes halogenated alkanes) is 1. The van der Waals surface area contributed by atoms with Crippen LogP contribution in [0.1, 0.15) is 37.8 Å². The summed E-state index contributed by atoms with van der Waals surface area (Å²) in [6.45, 7) is 2.08. The zero-order valence-corrected chi connectivity index (χ0v) is 9.02. The second kappa shape index (κ2) is 5.32. The first-order chi connectivity index (χ1) is 6.66. The predicted octanol–water partition coefficient (Wildman–Crippen LogP) is 3.67. The fourth-order valence-electron chi connectivity index (χ4n) is 1.39. The normalized spacial score (nSPS) is 12.9.